The molecule has 0 aliphatic rings. The predicted molar refractivity (Wildman–Crippen MR) is 83.9 cm³/mol. The van der Waals surface area contributed by atoms with E-state index in [-0.39, 0.29) is 11.7 Å². The van der Waals surface area contributed by atoms with Crippen LogP contribution in [0.15, 0.2) is 23.4 Å². The molecule has 0 fully saturated rings. The van der Waals surface area contributed by atoms with Gasteiger partial charge in [0.15, 0.2) is 5.84 Å². The van der Waals surface area contributed by atoms with Crippen molar-refractivity contribution in [2.24, 2.45) is 22.7 Å². The third kappa shape index (κ3) is 5.71. The molecule has 1 aromatic carbocycles. The van der Waals surface area contributed by atoms with Crippen LogP contribution in [0.4, 0.5) is 4.39 Å². The lowest BCUT2D eigenvalue weighted by molar-refractivity contribution is 0.209. The number of nitrogens with zero attached hydrogens (tertiary/aromatic N) is 2. The number of oxime groups is 1. The zero-order valence-corrected chi connectivity index (χ0v) is 13.3. The van der Waals surface area contributed by atoms with Gasteiger partial charge < -0.3 is 10.9 Å². The molecule has 0 unspecified atom stereocenters. The highest BCUT2D eigenvalue weighted by molar-refractivity contribution is 5.97. The third-order valence-electron chi connectivity index (χ3n) is 3.10. The van der Waals surface area contributed by atoms with Crippen LogP contribution in [-0.2, 0) is 6.54 Å². The first-order valence-electron chi connectivity index (χ1n) is 7.32. The van der Waals surface area contributed by atoms with Gasteiger partial charge in [0, 0.05) is 30.8 Å². The van der Waals surface area contributed by atoms with Crippen molar-refractivity contribution >= 4 is 5.84 Å². The van der Waals surface area contributed by atoms with E-state index in [0.29, 0.717) is 29.5 Å². The van der Waals surface area contributed by atoms with E-state index in [0.717, 1.165) is 13.1 Å². The van der Waals surface area contributed by atoms with Crippen molar-refractivity contribution in [3.05, 3.63) is 35.1 Å². The van der Waals surface area contributed by atoms with E-state index in [4.69, 9.17) is 10.9 Å². The van der Waals surface area contributed by atoms with Gasteiger partial charge in [-0.25, -0.2) is 4.39 Å². The number of rotatable bonds is 7. The topological polar surface area (TPSA) is 61.8 Å². The Balaban J connectivity index is 2.88. The molecule has 21 heavy (non-hydrogen) atoms. The highest BCUT2D eigenvalue weighted by Gasteiger charge is 2.13. The van der Waals surface area contributed by atoms with Gasteiger partial charge in [0.05, 0.1) is 0 Å². The lowest BCUT2D eigenvalue weighted by Gasteiger charge is -2.26. The lowest BCUT2D eigenvalue weighted by Crippen LogP contribution is -2.31. The molecule has 5 heteroatoms. The molecule has 0 spiro atoms. The summed E-state index contributed by atoms with van der Waals surface area (Å²) in [5, 5.41) is 11.5. The smallest absolute Gasteiger partial charge is 0.170 e. The molecule has 0 radical (unpaired) electrons. The summed E-state index contributed by atoms with van der Waals surface area (Å²) in [5.74, 6) is 0.657. The fourth-order valence-corrected chi connectivity index (χ4v) is 2.37. The fourth-order valence-electron chi connectivity index (χ4n) is 2.37. The second-order valence-corrected chi connectivity index (χ2v) is 6.27. The summed E-state index contributed by atoms with van der Waals surface area (Å²) in [6.45, 7) is 11.1. The molecule has 0 aliphatic heterocycles. The summed E-state index contributed by atoms with van der Waals surface area (Å²) >= 11 is 0. The number of hydrogen-bond donors (Lipinski definition) is 2. The SMILES string of the molecule is CC(C)CN(Cc1ccc(/C(N)=N/O)cc1F)CC(C)C. The molecular weight excluding hydrogens is 269 g/mol. The monoisotopic (exact) mass is 295 g/mol. The van der Waals surface area contributed by atoms with Gasteiger partial charge in [0.25, 0.3) is 0 Å². The predicted octanol–water partition coefficient (Wildman–Crippen LogP) is 3.03. The highest BCUT2D eigenvalue weighted by atomic mass is 19.1. The van der Waals surface area contributed by atoms with E-state index >= 15 is 0 Å². The molecule has 0 aliphatic carbocycles. The van der Waals surface area contributed by atoms with Gasteiger partial charge >= 0.3 is 0 Å². The Morgan fingerprint density at radius 3 is 2.24 bits per heavy atom. The van der Waals surface area contributed by atoms with E-state index in [9.17, 15) is 4.39 Å². The Bertz CT molecular complexity index is 476. The number of hydrogen-bond acceptors (Lipinski definition) is 3. The molecule has 1 rings (SSSR count). The molecule has 1 aromatic rings. The van der Waals surface area contributed by atoms with E-state index in [1.165, 1.54) is 6.07 Å². The summed E-state index contributed by atoms with van der Waals surface area (Å²) in [6, 6.07) is 4.69. The Hall–Kier alpha value is -1.62. The normalized spacial score (nSPS) is 12.7. The summed E-state index contributed by atoms with van der Waals surface area (Å²) in [5.41, 5.74) is 6.49. The lowest BCUT2D eigenvalue weighted by atomic mass is 10.1. The van der Waals surface area contributed by atoms with Crippen LogP contribution in [0.3, 0.4) is 0 Å². The standard InChI is InChI=1S/C16H26FN3O/c1-11(2)8-20(9-12(3)4)10-14-6-5-13(7-15(14)17)16(18)19-21/h5-7,11-12,21H,8-10H2,1-4H3,(H2,18,19). The van der Waals surface area contributed by atoms with Crippen LogP contribution in [0.5, 0.6) is 0 Å². The largest absolute Gasteiger partial charge is 0.409 e. The van der Waals surface area contributed by atoms with Gasteiger partial charge in [-0.15, -0.1) is 0 Å². The van der Waals surface area contributed by atoms with E-state index in [1.54, 1.807) is 12.1 Å². The van der Waals surface area contributed by atoms with Crippen molar-refractivity contribution in [2.75, 3.05) is 13.1 Å². The van der Waals surface area contributed by atoms with Crippen molar-refractivity contribution in [3.8, 4) is 0 Å². The molecule has 4 nitrogen and oxygen atoms in total. The van der Waals surface area contributed by atoms with Crippen LogP contribution in [0, 0.1) is 17.7 Å². The van der Waals surface area contributed by atoms with Gasteiger partial charge in [0.1, 0.15) is 5.82 Å². The number of halogens is 1. The van der Waals surface area contributed by atoms with Crippen LogP contribution < -0.4 is 5.73 Å². The molecule has 0 atom stereocenters. The molecule has 118 valence electrons. The first-order chi connectivity index (χ1) is 9.83. The molecule has 0 amide bonds. The average molecular weight is 295 g/mol. The second-order valence-electron chi connectivity index (χ2n) is 6.27. The minimum Gasteiger partial charge on any atom is -0.409 e. The number of amidine groups is 1. The maximum absolute atomic E-state index is 14.2. The Labute approximate surface area is 126 Å². The molecule has 0 bridgehead atoms. The van der Waals surface area contributed by atoms with Crippen LogP contribution in [-0.4, -0.2) is 29.0 Å². The zero-order chi connectivity index (χ0) is 16.0. The summed E-state index contributed by atoms with van der Waals surface area (Å²) in [7, 11) is 0. The molecule has 0 heterocycles. The Kier molecular flexibility index (Phi) is 6.62. The average Bonchev–Trinajstić information content (AvgIpc) is 2.38. The number of benzene rings is 1. The van der Waals surface area contributed by atoms with Gasteiger partial charge in [-0.05, 0) is 17.9 Å². The Morgan fingerprint density at radius 2 is 1.81 bits per heavy atom. The van der Waals surface area contributed by atoms with Gasteiger partial charge in [-0.2, -0.15) is 0 Å². The molecule has 3 N–H and O–H groups in total. The number of nitrogens with two attached hydrogens (primary N) is 1. The zero-order valence-electron chi connectivity index (χ0n) is 13.3. The van der Waals surface area contributed by atoms with Gasteiger partial charge in [-0.1, -0.05) is 45.0 Å². The van der Waals surface area contributed by atoms with Crippen LogP contribution in [0.25, 0.3) is 0 Å². The third-order valence-corrected chi connectivity index (χ3v) is 3.10. The van der Waals surface area contributed by atoms with Crippen molar-refractivity contribution in [3.63, 3.8) is 0 Å². The van der Waals surface area contributed by atoms with Crippen LogP contribution in [0.2, 0.25) is 0 Å². The highest BCUT2D eigenvalue weighted by Crippen LogP contribution is 2.15. The quantitative estimate of drug-likeness (QED) is 0.352. The summed E-state index contributed by atoms with van der Waals surface area (Å²) in [6.07, 6.45) is 0. The van der Waals surface area contributed by atoms with Crippen molar-refractivity contribution < 1.29 is 9.60 Å². The maximum atomic E-state index is 14.2. The van der Waals surface area contributed by atoms with E-state index in [2.05, 4.69) is 37.8 Å². The molecule has 0 aromatic heterocycles. The molecular formula is C16H26FN3O. The molecule has 0 saturated carbocycles. The van der Waals surface area contributed by atoms with Gasteiger partial charge in [0.2, 0.25) is 0 Å². The first-order valence-corrected chi connectivity index (χ1v) is 7.32. The molecule has 0 saturated heterocycles. The Morgan fingerprint density at radius 1 is 1.24 bits per heavy atom. The summed E-state index contributed by atoms with van der Waals surface area (Å²) in [4.78, 5) is 2.26. The van der Waals surface area contributed by atoms with Crippen molar-refractivity contribution in [2.45, 2.75) is 34.2 Å². The van der Waals surface area contributed by atoms with Crippen LogP contribution >= 0.6 is 0 Å². The summed E-state index contributed by atoms with van der Waals surface area (Å²) < 4.78 is 14.2. The van der Waals surface area contributed by atoms with Crippen molar-refractivity contribution in [1.29, 1.82) is 0 Å². The minimum absolute atomic E-state index is 0.0818. The minimum atomic E-state index is -0.323. The van der Waals surface area contributed by atoms with Crippen molar-refractivity contribution in [1.82, 2.24) is 4.90 Å². The van der Waals surface area contributed by atoms with E-state index < -0.39 is 0 Å². The fraction of sp³-hybridized carbons (Fsp3) is 0.562. The van der Waals surface area contributed by atoms with Crippen LogP contribution in [0.1, 0.15) is 38.8 Å². The maximum Gasteiger partial charge on any atom is 0.170 e. The second kappa shape index (κ2) is 7.98. The van der Waals surface area contributed by atoms with Gasteiger partial charge in [-0.3, -0.25) is 4.90 Å². The van der Waals surface area contributed by atoms with E-state index in [1.807, 2.05) is 0 Å². The first kappa shape index (κ1) is 17.4.